The van der Waals surface area contributed by atoms with Crippen molar-refractivity contribution in [1.29, 1.82) is 0 Å². The molecule has 1 aromatic carbocycles. The van der Waals surface area contributed by atoms with Gasteiger partial charge in [0.1, 0.15) is 45.5 Å². The maximum Gasteiger partial charge on any atom is 0.194 e. The van der Waals surface area contributed by atoms with Crippen LogP contribution in [0.4, 0.5) is 0 Å². The Kier molecular flexibility index (Phi) is 4.76. The van der Waals surface area contributed by atoms with Crippen LogP contribution in [0.25, 0.3) is 0 Å². The molecule has 166 valence electrons. The first-order valence-corrected chi connectivity index (χ1v) is 10.1. The number of fused-ring (bicyclic) bond motifs is 3. The summed E-state index contributed by atoms with van der Waals surface area (Å²) in [6, 6.07) is 3.61. The zero-order chi connectivity index (χ0) is 23.5. The number of carbonyl (C=O) groups excluding carboxylic acids is 3. The Labute approximate surface area is 184 Å². The molecule has 2 aromatic rings. The van der Waals surface area contributed by atoms with Crippen LogP contribution in [0.3, 0.4) is 0 Å². The lowest BCUT2D eigenvalue weighted by molar-refractivity contribution is -0.123. The molecule has 2 aliphatic rings. The van der Waals surface area contributed by atoms with Gasteiger partial charge in [-0.1, -0.05) is 0 Å². The summed E-state index contributed by atoms with van der Waals surface area (Å²) < 4.78 is 11.3. The highest BCUT2D eigenvalue weighted by Crippen LogP contribution is 2.57. The van der Waals surface area contributed by atoms with Gasteiger partial charge in [0.2, 0.25) is 0 Å². The SMILES string of the molecule is CC(=O)c1c(O)c(C)c(O)c2c1OC1=CC(=O)C(=C(C)NCc3ccc(C)o3)C(=O)C12C. The number of aromatic hydroxyl groups is 2. The largest absolute Gasteiger partial charge is 0.507 e. The summed E-state index contributed by atoms with van der Waals surface area (Å²) in [6.07, 6.45) is 1.19. The normalized spacial score (nSPS) is 21.0. The zero-order valence-electron chi connectivity index (χ0n) is 18.4. The van der Waals surface area contributed by atoms with E-state index in [9.17, 15) is 24.6 Å². The molecule has 0 spiro atoms. The third kappa shape index (κ3) is 2.86. The van der Waals surface area contributed by atoms with Crippen LogP contribution in [0.2, 0.25) is 0 Å². The molecule has 8 heteroatoms. The summed E-state index contributed by atoms with van der Waals surface area (Å²) in [7, 11) is 0. The van der Waals surface area contributed by atoms with Crippen LogP contribution in [0.5, 0.6) is 17.2 Å². The Morgan fingerprint density at radius 1 is 1.12 bits per heavy atom. The number of nitrogens with one attached hydrogen (secondary N) is 1. The molecular formula is C24H23NO7. The number of furan rings is 1. The Balaban J connectivity index is 1.84. The van der Waals surface area contributed by atoms with Crippen molar-refractivity contribution in [2.24, 2.45) is 0 Å². The average molecular weight is 437 g/mol. The van der Waals surface area contributed by atoms with E-state index in [4.69, 9.17) is 9.15 Å². The molecule has 32 heavy (non-hydrogen) atoms. The fourth-order valence-electron chi connectivity index (χ4n) is 4.25. The first-order chi connectivity index (χ1) is 15.0. The van der Waals surface area contributed by atoms with Gasteiger partial charge in [-0.3, -0.25) is 14.4 Å². The molecule has 0 saturated carbocycles. The zero-order valence-corrected chi connectivity index (χ0v) is 18.4. The molecule has 8 nitrogen and oxygen atoms in total. The summed E-state index contributed by atoms with van der Waals surface area (Å²) in [5, 5.41) is 24.3. The average Bonchev–Trinajstić information content (AvgIpc) is 3.26. The molecule has 1 aliphatic heterocycles. The van der Waals surface area contributed by atoms with E-state index in [2.05, 4.69) is 5.32 Å². The van der Waals surface area contributed by atoms with Gasteiger partial charge < -0.3 is 24.7 Å². The van der Waals surface area contributed by atoms with Crippen molar-refractivity contribution in [1.82, 2.24) is 5.32 Å². The number of ether oxygens (including phenoxy) is 1. The van der Waals surface area contributed by atoms with Gasteiger partial charge in [0, 0.05) is 17.3 Å². The molecule has 1 atom stereocenters. The van der Waals surface area contributed by atoms with E-state index in [1.165, 1.54) is 26.8 Å². The number of aryl methyl sites for hydroxylation is 1. The van der Waals surface area contributed by atoms with E-state index in [1.807, 2.05) is 13.0 Å². The second kappa shape index (κ2) is 7.12. The summed E-state index contributed by atoms with van der Waals surface area (Å²) in [5.74, 6) is -1.11. The highest BCUT2D eigenvalue weighted by atomic mass is 16.5. The fraction of sp³-hybridized carbons (Fsp3) is 0.292. The smallest absolute Gasteiger partial charge is 0.194 e. The van der Waals surface area contributed by atoms with E-state index in [0.717, 1.165) is 5.76 Å². The Morgan fingerprint density at radius 3 is 2.41 bits per heavy atom. The van der Waals surface area contributed by atoms with Crippen LogP contribution in [0, 0.1) is 13.8 Å². The minimum Gasteiger partial charge on any atom is -0.507 e. The van der Waals surface area contributed by atoms with Gasteiger partial charge in [0.15, 0.2) is 17.3 Å². The third-order valence-corrected chi connectivity index (χ3v) is 6.08. The quantitative estimate of drug-likeness (QED) is 0.378. The number of rotatable bonds is 4. The lowest BCUT2D eigenvalue weighted by Gasteiger charge is -2.29. The van der Waals surface area contributed by atoms with Crippen LogP contribution >= 0.6 is 0 Å². The van der Waals surface area contributed by atoms with E-state index in [1.54, 1.807) is 13.0 Å². The van der Waals surface area contributed by atoms with Crippen LogP contribution in [0.1, 0.15) is 53.8 Å². The van der Waals surface area contributed by atoms with Gasteiger partial charge in [-0.2, -0.15) is 0 Å². The Hall–Kier alpha value is -3.81. The minimum atomic E-state index is -1.53. The molecule has 1 aliphatic carbocycles. The van der Waals surface area contributed by atoms with E-state index in [-0.39, 0.29) is 46.1 Å². The Morgan fingerprint density at radius 2 is 1.81 bits per heavy atom. The number of Topliss-reactive ketones (excluding diaryl/α,β-unsaturated/α-hetero) is 2. The predicted octanol–water partition coefficient (Wildman–Crippen LogP) is 3.26. The maximum absolute atomic E-state index is 13.7. The summed E-state index contributed by atoms with van der Waals surface area (Å²) in [6.45, 7) is 7.92. The molecule has 0 radical (unpaired) electrons. The number of benzene rings is 1. The summed E-state index contributed by atoms with van der Waals surface area (Å²) in [5.41, 5.74) is -1.28. The van der Waals surface area contributed by atoms with Crippen molar-refractivity contribution < 1.29 is 33.8 Å². The molecule has 0 bridgehead atoms. The van der Waals surface area contributed by atoms with Crippen molar-refractivity contribution in [3.05, 3.63) is 63.4 Å². The van der Waals surface area contributed by atoms with E-state index < -0.39 is 28.5 Å². The fourth-order valence-corrected chi connectivity index (χ4v) is 4.25. The Bertz CT molecular complexity index is 1280. The van der Waals surface area contributed by atoms with Crippen molar-refractivity contribution in [3.8, 4) is 17.2 Å². The molecule has 2 heterocycles. The standard InChI is InChI=1S/C24H23NO7/c1-10-6-7-14(31-10)9-25-12(3)17-15(27)8-16-24(5,23(17)30)19-21(29)11(2)20(28)18(13(4)26)22(19)32-16/h6-8,25,28-29H,9H2,1-5H3. The molecule has 1 unspecified atom stereocenters. The molecule has 3 N–H and O–H groups in total. The maximum atomic E-state index is 13.7. The summed E-state index contributed by atoms with van der Waals surface area (Å²) >= 11 is 0. The van der Waals surface area contributed by atoms with Gasteiger partial charge in [-0.25, -0.2) is 0 Å². The number of allylic oxidation sites excluding steroid dienone is 4. The second-order valence-corrected chi connectivity index (χ2v) is 8.25. The number of carbonyl (C=O) groups is 3. The van der Waals surface area contributed by atoms with Gasteiger partial charge in [0.25, 0.3) is 0 Å². The van der Waals surface area contributed by atoms with Crippen molar-refractivity contribution in [3.63, 3.8) is 0 Å². The summed E-state index contributed by atoms with van der Waals surface area (Å²) in [4.78, 5) is 38.7. The van der Waals surface area contributed by atoms with Gasteiger partial charge in [-0.05, 0) is 46.8 Å². The first kappa shape index (κ1) is 21.4. The van der Waals surface area contributed by atoms with E-state index in [0.29, 0.717) is 11.5 Å². The third-order valence-electron chi connectivity index (χ3n) is 6.08. The highest BCUT2D eigenvalue weighted by molar-refractivity contribution is 6.31. The van der Waals surface area contributed by atoms with Crippen LogP contribution in [0.15, 0.2) is 39.7 Å². The van der Waals surface area contributed by atoms with Crippen LogP contribution in [-0.2, 0) is 21.5 Å². The molecular weight excluding hydrogens is 414 g/mol. The van der Waals surface area contributed by atoms with Gasteiger partial charge in [-0.15, -0.1) is 0 Å². The number of hydrogen-bond donors (Lipinski definition) is 3. The van der Waals surface area contributed by atoms with Gasteiger partial charge in [0.05, 0.1) is 17.7 Å². The predicted molar refractivity (Wildman–Crippen MR) is 114 cm³/mol. The van der Waals surface area contributed by atoms with E-state index >= 15 is 0 Å². The molecule has 1 aromatic heterocycles. The molecule has 0 saturated heterocycles. The van der Waals surface area contributed by atoms with Crippen LogP contribution < -0.4 is 10.1 Å². The number of hydrogen-bond acceptors (Lipinski definition) is 8. The molecule has 4 rings (SSSR count). The lowest BCUT2D eigenvalue weighted by atomic mass is 9.70. The van der Waals surface area contributed by atoms with Crippen molar-refractivity contribution in [2.75, 3.05) is 0 Å². The van der Waals surface area contributed by atoms with Crippen LogP contribution in [-0.4, -0.2) is 27.6 Å². The number of phenols is 2. The lowest BCUT2D eigenvalue weighted by Crippen LogP contribution is -2.41. The first-order valence-electron chi connectivity index (χ1n) is 10.1. The van der Waals surface area contributed by atoms with Gasteiger partial charge >= 0.3 is 0 Å². The monoisotopic (exact) mass is 437 g/mol. The minimum absolute atomic E-state index is 0.00325. The topological polar surface area (TPSA) is 126 Å². The number of ketones is 3. The van der Waals surface area contributed by atoms with Crippen molar-refractivity contribution >= 4 is 17.3 Å². The highest BCUT2D eigenvalue weighted by Gasteiger charge is 2.56. The molecule has 0 amide bonds. The van der Waals surface area contributed by atoms with Crippen molar-refractivity contribution in [2.45, 2.75) is 46.6 Å². The number of phenolic OH excluding ortho intramolecular Hbond substituents is 2. The second-order valence-electron chi connectivity index (χ2n) is 8.25. The molecule has 0 fully saturated rings.